The summed E-state index contributed by atoms with van der Waals surface area (Å²) >= 11 is 3.25. The van der Waals surface area contributed by atoms with E-state index in [9.17, 15) is 13.6 Å². The van der Waals surface area contributed by atoms with E-state index in [4.69, 9.17) is 0 Å². The third kappa shape index (κ3) is 3.19. The third-order valence-electron chi connectivity index (χ3n) is 2.71. The van der Waals surface area contributed by atoms with Crippen LogP contribution in [0.4, 0.5) is 8.78 Å². The van der Waals surface area contributed by atoms with Gasteiger partial charge in [0.25, 0.3) is 5.91 Å². The highest BCUT2D eigenvalue weighted by Gasteiger charge is 2.16. The summed E-state index contributed by atoms with van der Waals surface area (Å²) in [6.45, 7) is 0.166. The number of hydrogen-bond donors (Lipinski definition) is 0. The Labute approximate surface area is 123 Å². The summed E-state index contributed by atoms with van der Waals surface area (Å²) in [4.78, 5) is 17.6. The molecule has 1 heterocycles. The van der Waals surface area contributed by atoms with Gasteiger partial charge in [-0.25, -0.2) is 13.8 Å². The van der Waals surface area contributed by atoms with Crippen LogP contribution >= 0.6 is 15.9 Å². The van der Waals surface area contributed by atoms with Gasteiger partial charge in [-0.2, -0.15) is 0 Å². The molecule has 6 heteroatoms. The van der Waals surface area contributed by atoms with Gasteiger partial charge in [-0.3, -0.25) is 4.79 Å². The molecule has 3 nitrogen and oxygen atoms in total. The molecule has 2 rings (SSSR count). The van der Waals surface area contributed by atoms with Gasteiger partial charge in [-0.1, -0.05) is 6.07 Å². The van der Waals surface area contributed by atoms with Crippen LogP contribution in [0, 0.1) is 11.6 Å². The Morgan fingerprint density at radius 2 is 2.05 bits per heavy atom. The Balaban J connectivity index is 2.15. The maximum absolute atomic E-state index is 13.1. The van der Waals surface area contributed by atoms with Crippen LogP contribution in [0.1, 0.15) is 16.1 Å². The van der Waals surface area contributed by atoms with Crippen molar-refractivity contribution < 1.29 is 13.6 Å². The Bertz CT molecular complexity index is 649. The summed E-state index contributed by atoms with van der Waals surface area (Å²) < 4.78 is 26.5. The summed E-state index contributed by atoms with van der Waals surface area (Å²) in [7, 11) is 1.57. The number of aromatic nitrogens is 1. The fourth-order valence-corrected chi connectivity index (χ4v) is 2.13. The van der Waals surface area contributed by atoms with Gasteiger partial charge in [0, 0.05) is 24.3 Å². The molecule has 0 N–H and O–H groups in total. The Morgan fingerprint density at radius 3 is 2.70 bits per heavy atom. The van der Waals surface area contributed by atoms with E-state index >= 15 is 0 Å². The van der Waals surface area contributed by atoms with Crippen molar-refractivity contribution >= 4 is 21.8 Å². The van der Waals surface area contributed by atoms with Crippen LogP contribution in [-0.2, 0) is 6.54 Å². The van der Waals surface area contributed by atoms with Crippen molar-refractivity contribution in [1.29, 1.82) is 0 Å². The molecule has 0 saturated heterocycles. The first-order chi connectivity index (χ1) is 9.49. The lowest BCUT2D eigenvalue weighted by Crippen LogP contribution is -2.27. The van der Waals surface area contributed by atoms with E-state index in [0.29, 0.717) is 10.0 Å². The van der Waals surface area contributed by atoms with Crippen molar-refractivity contribution in [1.82, 2.24) is 9.88 Å². The van der Waals surface area contributed by atoms with Crippen molar-refractivity contribution in [3.8, 4) is 0 Å². The predicted octanol–water partition coefficient (Wildman–Crippen LogP) is 3.39. The molecule has 104 valence electrons. The average Bonchev–Trinajstić information content (AvgIpc) is 2.42. The molecular weight excluding hydrogens is 330 g/mol. The van der Waals surface area contributed by atoms with Crippen LogP contribution in [0.5, 0.6) is 0 Å². The fraction of sp³-hybridized carbons (Fsp3) is 0.143. The molecule has 1 amide bonds. The number of carbonyl (C=O) groups excluding carboxylic acids is 1. The number of nitrogens with zero attached hydrogens (tertiary/aromatic N) is 2. The highest BCUT2D eigenvalue weighted by Crippen LogP contribution is 2.16. The first-order valence-electron chi connectivity index (χ1n) is 5.79. The minimum atomic E-state index is -0.928. The molecule has 20 heavy (non-hydrogen) atoms. The SMILES string of the molecule is CN(Cc1ccc(F)c(F)c1)C(=O)c1ncccc1Br. The molecule has 2 aromatic rings. The Hall–Kier alpha value is -1.82. The quantitative estimate of drug-likeness (QED) is 0.857. The molecule has 0 atom stereocenters. The molecule has 1 aromatic carbocycles. The minimum absolute atomic E-state index is 0.166. The lowest BCUT2D eigenvalue weighted by molar-refractivity contribution is 0.0778. The molecule has 0 aliphatic carbocycles. The minimum Gasteiger partial charge on any atom is -0.336 e. The summed E-state index contributed by atoms with van der Waals surface area (Å²) in [5.74, 6) is -2.14. The van der Waals surface area contributed by atoms with Gasteiger partial charge in [0.1, 0.15) is 5.69 Å². The third-order valence-corrected chi connectivity index (χ3v) is 3.35. The number of hydrogen-bond acceptors (Lipinski definition) is 2. The van der Waals surface area contributed by atoms with E-state index < -0.39 is 11.6 Å². The van der Waals surface area contributed by atoms with Gasteiger partial charge < -0.3 is 4.90 Å². The number of carbonyl (C=O) groups is 1. The van der Waals surface area contributed by atoms with Gasteiger partial charge in [0.2, 0.25) is 0 Å². The van der Waals surface area contributed by atoms with E-state index in [2.05, 4.69) is 20.9 Å². The van der Waals surface area contributed by atoms with E-state index in [1.807, 2.05) is 0 Å². The molecule has 0 aliphatic heterocycles. The molecule has 0 aliphatic rings. The molecule has 1 aromatic heterocycles. The zero-order chi connectivity index (χ0) is 14.7. The Morgan fingerprint density at radius 1 is 1.30 bits per heavy atom. The molecular formula is C14H11BrF2N2O. The van der Waals surface area contributed by atoms with Crippen LogP contribution in [0.15, 0.2) is 41.0 Å². The maximum Gasteiger partial charge on any atom is 0.273 e. The highest BCUT2D eigenvalue weighted by atomic mass is 79.9. The molecule has 0 unspecified atom stereocenters. The van der Waals surface area contributed by atoms with E-state index in [-0.39, 0.29) is 18.1 Å². The van der Waals surface area contributed by atoms with Crippen molar-refractivity contribution in [2.75, 3.05) is 7.05 Å². The number of pyridine rings is 1. The lowest BCUT2D eigenvalue weighted by atomic mass is 10.2. The maximum atomic E-state index is 13.1. The van der Waals surface area contributed by atoms with Crippen molar-refractivity contribution in [3.63, 3.8) is 0 Å². The van der Waals surface area contributed by atoms with Gasteiger partial charge >= 0.3 is 0 Å². The van der Waals surface area contributed by atoms with E-state index in [1.165, 1.54) is 17.2 Å². The van der Waals surface area contributed by atoms with Gasteiger partial charge in [0.05, 0.1) is 0 Å². The molecule has 0 fully saturated rings. The Kier molecular flexibility index (Phi) is 4.44. The van der Waals surface area contributed by atoms with Crippen molar-refractivity contribution in [2.24, 2.45) is 0 Å². The van der Waals surface area contributed by atoms with Gasteiger partial charge in [0.15, 0.2) is 11.6 Å². The van der Waals surface area contributed by atoms with Crippen LogP contribution in [0.3, 0.4) is 0 Å². The number of halogens is 3. The van der Waals surface area contributed by atoms with E-state index in [0.717, 1.165) is 12.1 Å². The largest absolute Gasteiger partial charge is 0.336 e. The zero-order valence-electron chi connectivity index (χ0n) is 10.6. The number of rotatable bonds is 3. The van der Waals surface area contributed by atoms with Crippen LogP contribution < -0.4 is 0 Å². The molecule has 0 saturated carbocycles. The smallest absolute Gasteiger partial charge is 0.273 e. The second-order valence-electron chi connectivity index (χ2n) is 4.24. The standard InChI is InChI=1S/C14H11BrF2N2O/c1-19(8-9-4-5-11(16)12(17)7-9)14(20)13-10(15)3-2-6-18-13/h2-7H,8H2,1H3. The first-order valence-corrected chi connectivity index (χ1v) is 6.58. The second kappa shape index (κ2) is 6.09. The molecule has 0 radical (unpaired) electrons. The fourth-order valence-electron chi connectivity index (χ4n) is 1.71. The molecule has 0 spiro atoms. The summed E-state index contributed by atoms with van der Waals surface area (Å²) in [5, 5.41) is 0. The molecule has 0 bridgehead atoms. The number of amides is 1. The normalized spacial score (nSPS) is 10.4. The van der Waals surface area contributed by atoms with Crippen LogP contribution in [-0.4, -0.2) is 22.8 Å². The number of benzene rings is 1. The van der Waals surface area contributed by atoms with Gasteiger partial charge in [-0.15, -0.1) is 0 Å². The van der Waals surface area contributed by atoms with E-state index in [1.54, 1.807) is 19.2 Å². The lowest BCUT2D eigenvalue weighted by Gasteiger charge is -2.17. The van der Waals surface area contributed by atoms with Crippen molar-refractivity contribution in [2.45, 2.75) is 6.54 Å². The summed E-state index contributed by atoms with van der Waals surface area (Å²) in [5.41, 5.74) is 0.782. The first kappa shape index (κ1) is 14.6. The monoisotopic (exact) mass is 340 g/mol. The van der Waals surface area contributed by atoms with Gasteiger partial charge in [-0.05, 0) is 45.8 Å². The predicted molar refractivity (Wildman–Crippen MR) is 74.1 cm³/mol. The topological polar surface area (TPSA) is 33.2 Å². The average molecular weight is 341 g/mol. The van der Waals surface area contributed by atoms with Crippen LogP contribution in [0.2, 0.25) is 0 Å². The van der Waals surface area contributed by atoms with Crippen molar-refractivity contribution in [3.05, 3.63) is 63.9 Å². The zero-order valence-corrected chi connectivity index (χ0v) is 12.2. The summed E-state index contributed by atoms with van der Waals surface area (Å²) in [6, 6.07) is 6.98. The second-order valence-corrected chi connectivity index (χ2v) is 5.10. The summed E-state index contributed by atoms with van der Waals surface area (Å²) in [6.07, 6.45) is 1.52. The highest BCUT2D eigenvalue weighted by molar-refractivity contribution is 9.10. The van der Waals surface area contributed by atoms with Crippen LogP contribution in [0.25, 0.3) is 0 Å².